The molecule has 1 atom stereocenters. The van der Waals surface area contributed by atoms with Crippen molar-refractivity contribution in [3.05, 3.63) is 49.3 Å². The van der Waals surface area contributed by atoms with Gasteiger partial charge in [-0.25, -0.2) is 0 Å². The first-order valence-electron chi connectivity index (χ1n) is 16.2. The number of thiazole rings is 1. The summed E-state index contributed by atoms with van der Waals surface area (Å²) < 4.78 is 11.9. The van der Waals surface area contributed by atoms with E-state index in [1.807, 2.05) is 10.3 Å². The summed E-state index contributed by atoms with van der Waals surface area (Å²) in [6.45, 7) is 11.0. The quantitative estimate of drug-likeness (QED) is 0.156. The number of carbonyl (C=O) groups is 2. The number of hydrogen-bond acceptors (Lipinski definition) is 10. The normalized spacial score (nSPS) is 17.7. The number of carbonyl (C=O) groups excluding carboxylic acids is 2. The molecule has 0 saturated carbocycles. The van der Waals surface area contributed by atoms with Crippen LogP contribution in [0.4, 0.5) is 0 Å². The van der Waals surface area contributed by atoms with Crippen molar-refractivity contribution in [2.24, 2.45) is 0 Å². The number of morpholine rings is 1. The van der Waals surface area contributed by atoms with Gasteiger partial charge in [-0.3, -0.25) is 14.4 Å². The largest absolute Gasteiger partial charge is 0.426 e. The van der Waals surface area contributed by atoms with E-state index in [2.05, 4.69) is 35.1 Å². The Hall–Kier alpha value is -2.61. The molecule has 2 aliphatic rings. The molecular weight excluding hydrogens is 613 g/mol. The van der Waals surface area contributed by atoms with E-state index in [1.165, 1.54) is 24.1 Å². The summed E-state index contributed by atoms with van der Waals surface area (Å²) in [7, 11) is 0. The maximum Gasteiger partial charge on any atom is 0.305 e. The highest BCUT2D eigenvalue weighted by molar-refractivity contribution is 7.16. The van der Waals surface area contributed by atoms with Crippen LogP contribution in [0, 0.1) is 0 Å². The zero-order valence-corrected chi connectivity index (χ0v) is 28.0. The number of likely N-dealkylation sites (tertiary alicyclic amines) is 1. The fourth-order valence-corrected chi connectivity index (χ4v) is 8.17. The molecule has 2 aromatic heterocycles. The van der Waals surface area contributed by atoms with Crippen LogP contribution in [0.2, 0.25) is 0 Å². The standard InChI is InChI=1S/C33H46N4O6S2/c1-23(2)28-18-24(20-44-28)31(40)37-16-17-43-33(21-37)10-14-36(15-11-33)13-7-5-3-4-6-12-34-19-26(39)25-8-9-27(42-22-38)29-30(25)45-32(41)35-29/h8-9,18,20,22-23,26,34,39H,3-7,10-17,19,21H2,1-2H3,(H,35,41). The smallest absolute Gasteiger partial charge is 0.305 e. The Bertz CT molecular complexity index is 1480. The molecule has 45 heavy (non-hydrogen) atoms. The van der Waals surface area contributed by atoms with Crippen LogP contribution in [-0.2, 0) is 9.53 Å². The fourth-order valence-electron chi connectivity index (χ4n) is 6.36. The minimum Gasteiger partial charge on any atom is -0.426 e. The Morgan fingerprint density at radius 2 is 1.96 bits per heavy atom. The number of H-pyrrole nitrogens is 1. The number of aliphatic hydroxyl groups excluding tert-OH is 1. The first kappa shape index (κ1) is 33.7. The van der Waals surface area contributed by atoms with Gasteiger partial charge in [0.05, 0.1) is 35.1 Å². The van der Waals surface area contributed by atoms with Crippen molar-refractivity contribution in [2.75, 3.05) is 52.4 Å². The SMILES string of the molecule is CC(C)c1cc(C(=O)N2CCOC3(CCN(CCCCCCCNCC(O)c4ccc(OC=O)c5[nH]c(=O)sc45)CC3)C2)cs1. The van der Waals surface area contributed by atoms with Gasteiger partial charge in [-0.05, 0) is 56.8 Å². The van der Waals surface area contributed by atoms with Crippen molar-refractivity contribution >= 4 is 45.3 Å². The number of aliphatic hydroxyl groups is 1. The highest BCUT2D eigenvalue weighted by atomic mass is 32.1. The lowest BCUT2D eigenvalue weighted by Crippen LogP contribution is -2.58. The Morgan fingerprint density at radius 1 is 1.18 bits per heavy atom. The molecule has 2 saturated heterocycles. The van der Waals surface area contributed by atoms with E-state index in [1.54, 1.807) is 23.5 Å². The third kappa shape index (κ3) is 8.60. The van der Waals surface area contributed by atoms with Gasteiger partial charge in [-0.15, -0.1) is 11.3 Å². The summed E-state index contributed by atoms with van der Waals surface area (Å²) in [6, 6.07) is 5.35. The number of aromatic nitrogens is 1. The predicted molar refractivity (Wildman–Crippen MR) is 179 cm³/mol. The summed E-state index contributed by atoms with van der Waals surface area (Å²) >= 11 is 2.68. The van der Waals surface area contributed by atoms with Crippen molar-refractivity contribution in [3.8, 4) is 5.75 Å². The number of amides is 1. The van der Waals surface area contributed by atoms with Crippen molar-refractivity contribution in [1.29, 1.82) is 0 Å². The van der Waals surface area contributed by atoms with Gasteiger partial charge in [0.2, 0.25) is 0 Å². The molecule has 3 aromatic rings. The second-order valence-corrected chi connectivity index (χ2v) is 14.5. The van der Waals surface area contributed by atoms with E-state index < -0.39 is 6.10 Å². The van der Waals surface area contributed by atoms with E-state index in [4.69, 9.17) is 9.47 Å². The molecule has 1 spiro atoms. The summed E-state index contributed by atoms with van der Waals surface area (Å²) in [6.07, 6.45) is 6.90. The molecule has 0 aliphatic carbocycles. The highest BCUT2D eigenvalue weighted by Crippen LogP contribution is 2.33. The van der Waals surface area contributed by atoms with Gasteiger partial charge in [0.25, 0.3) is 12.4 Å². The van der Waals surface area contributed by atoms with E-state index in [0.29, 0.717) is 54.4 Å². The van der Waals surface area contributed by atoms with Crippen LogP contribution >= 0.6 is 22.7 Å². The summed E-state index contributed by atoms with van der Waals surface area (Å²) in [4.78, 5) is 44.1. The van der Waals surface area contributed by atoms with E-state index in [9.17, 15) is 19.5 Å². The third-order valence-corrected chi connectivity index (χ3v) is 11.2. The molecule has 0 bridgehead atoms. The minimum atomic E-state index is -0.769. The number of piperidine rings is 1. The van der Waals surface area contributed by atoms with E-state index in [0.717, 1.165) is 68.8 Å². The first-order chi connectivity index (χ1) is 21.8. The van der Waals surface area contributed by atoms with Crippen molar-refractivity contribution in [1.82, 2.24) is 20.1 Å². The van der Waals surface area contributed by atoms with E-state index in [-0.39, 0.29) is 22.1 Å². The number of fused-ring (bicyclic) bond motifs is 1. The number of ether oxygens (including phenoxy) is 2. The molecular formula is C33H46N4O6S2. The van der Waals surface area contributed by atoms with Crippen LogP contribution < -0.4 is 14.9 Å². The molecule has 246 valence electrons. The molecule has 5 rings (SSSR count). The Kier molecular flexibility index (Phi) is 11.8. The number of nitrogens with one attached hydrogen (secondary N) is 2. The minimum absolute atomic E-state index is 0.143. The third-order valence-electron chi connectivity index (χ3n) is 9.01. The summed E-state index contributed by atoms with van der Waals surface area (Å²) in [5.41, 5.74) is 1.69. The molecule has 1 aromatic carbocycles. The van der Waals surface area contributed by atoms with Gasteiger partial charge in [0.15, 0.2) is 5.75 Å². The summed E-state index contributed by atoms with van der Waals surface area (Å²) in [5.74, 6) is 0.861. The van der Waals surface area contributed by atoms with Crippen LogP contribution in [-0.4, -0.2) is 90.3 Å². The fraction of sp³-hybridized carbons (Fsp3) is 0.606. The number of hydrogen-bond donors (Lipinski definition) is 3. The van der Waals surface area contributed by atoms with Gasteiger partial charge >= 0.3 is 4.87 Å². The highest BCUT2D eigenvalue weighted by Gasteiger charge is 2.41. The van der Waals surface area contributed by atoms with Crippen LogP contribution in [0.3, 0.4) is 0 Å². The number of unbranched alkanes of at least 4 members (excludes halogenated alkanes) is 4. The lowest BCUT2D eigenvalue weighted by Gasteiger charge is -2.47. The van der Waals surface area contributed by atoms with Gasteiger partial charge in [0, 0.05) is 42.0 Å². The van der Waals surface area contributed by atoms with Crippen LogP contribution in [0.5, 0.6) is 5.75 Å². The maximum atomic E-state index is 13.2. The van der Waals surface area contributed by atoms with Crippen LogP contribution in [0.15, 0.2) is 28.4 Å². The van der Waals surface area contributed by atoms with Crippen molar-refractivity contribution in [2.45, 2.75) is 76.4 Å². The van der Waals surface area contributed by atoms with Gasteiger partial charge in [-0.1, -0.05) is 50.5 Å². The summed E-state index contributed by atoms with van der Waals surface area (Å²) in [5, 5.41) is 16.0. The number of benzene rings is 1. The van der Waals surface area contributed by atoms with Crippen LogP contribution in [0.25, 0.3) is 10.2 Å². The zero-order valence-electron chi connectivity index (χ0n) is 26.3. The lowest BCUT2D eigenvalue weighted by molar-refractivity contribution is -0.127. The second-order valence-electron chi connectivity index (χ2n) is 12.6. The molecule has 4 heterocycles. The average molecular weight is 659 g/mol. The van der Waals surface area contributed by atoms with E-state index >= 15 is 0 Å². The topological polar surface area (TPSA) is 124 Å². The molecule has 1 amide bonds. The van der Waals surface area contributed by atoms with Crippen molar-refractivity contribution < 1.29 is 24.2 Å². The molecule has 2 aliphatic heterocycles. The Balaban J connectivity index is 0.938. The number of rotatable bonds is 15. The van der Waals surface area contributed by atoms with Crippen molar-refractivity contribution in [3.63, 3.8) is 0 Å². The number of thiophene rings is 1. The number of aromatic amines is 1. The molecule has 12 heteroatoms. The monoisotopic (exact) mass is 658 g/mol. The van der Waals surface area contributed by atoms with Crippen LogP contribution in [0.1, 0.15) is 91.6 Å². The Labute approximate surface area is 272 Å². The van der Waals surface area contributed by atoms with Gasteiger partial charge in [-0.2, -0.15) is 0 Å². The molecule has 0 radical (unpaired) electrons. The van der Waals surface area contributed by atoms with Gasteiger partial charge < -0.3 is 34.7 Å². The Morgan fingerprint density at radius 3 is 2.71 bits per heavy atom. The molecule has 1 unspecified atom stereocenters. The first-order valence-corrected chi connectivity index (χ1v) is 17.9. The zero-order chi connectivity index (χ0) is 31.8. The molecule has 10 nitrogen and oxygen atoms in total. The molecule has 2 fully saturated rings. The maximum absolute atomic E-state index is 13.2. The molecule has 3 N–H and O–H groups in total. The lowest BCUT2D eigenvalue weighted by atomic mass is 9.89. The number of nitrogens with zero attached hydrogens (tertiary/aromatic N) is 2. The predicted octanol–water partition coefficient (Wildman–Crippen LogP) is 4.89. The second kappa shape index (κ2) is 15.8. The van der Waals surface area contributed by atoms with Gasteiger partial charge in [0.1, 0.15) is 5.52 Å². The average Bonchev–Trinajstić information content (AvgIpc) is 3.69.